The fraction of sp³-hybridized carbons (Fsp3) is 0.294. The predicted octanol–water partition coefficient (Wildman–Crippen LogP) is 14.2. The van der Waals surface area contributed by atoms with Crippen LogP contribution < -0.4 is 29.6 Å². The Kier molecular flexibility index (Phi) is 20.8. The number of rotatable bonds is 22. The summed E-state index contributed by atoms with van der Waals surface area (Å²) >= 11 is 0. The molecule has 516 valence electrons. The fourth-order valence-electron chi connectivity index (χ4n) is 10.6. The average molecular weight is 1380 g/mol. The number of benzene rings is 4. The van der Waals surface area contributed by atoms with Crippen LogP contribution >= 0.6 is 0 Å². The van der Waals surface area contributed by atoms with Crippen LogP contribution in [0.5, 0.6) is 34.8 Å². The molecule has 6 amide bonds. The Labute approximate surface area is 551 Å². The van der Waals surface area contributed by atoms with Crippen molar-refractivity contribution < 1.29 is 101 Å². The Morgan fingerprint density at radius 3 is 1.13 bits per heavy atom. The first-order valence-corrected chi connectivity index (χ1v) is 29.9. The number of amides is 6. The zero-order chi connectivity index (χ0) is 71.2. The van der Waals surface area contributed by atoms with Crippen LogP contribution in [-0.4, -0.2) is 88.5 Å². The van der Waals surface area contributed by atoms with Crippen molar-refractivity contribution in [3.8, 4) is 34.8 Å². The quantitative estimate of drug-likeness (QED) is 0.0366. The third-order valence-electron chi connectivity index (χ3n) is 15.9. The molecule has 0 radical (unpaired) electrons. The van der Waals surface area contributed by atoms with E-state index in [0.717, 1.165) is 33.1 Å². The van der Waals surface area contributed by atoms with Crippen molar-refractivity contribution in [1.82, 2.24) is 40.4 Å². The lowest BCUT2D eigenvalue weighted by atomic mass is 9.90. The van der Waals surface area contributed by atoms with Gasteiger partial charge < -0.3 is 39.8 Å². The van der Waals surface area contributed by atoms with Gasteiger partial charge in [0.15, 0.2) is 0 Å². The molecule has 0 aliphatic carbocycles. The van der Waals surface area contributed by atoms with Gasteiger partial charge in [-0.3, -0.25) is 29.4 Å². The molecule has 2 saturated heterocycles. The summed E-state index contributed by atoms with van der Waals surface area (Å²) in [7, 11) is 0. The van der Waals surface area contributed by atoms with E-state index >= 15 is 0 Å². The van der Waals surface area contributed by atoms with E-state index in [2.05, 4.69) is 30.6 Å². The third-order valence-corrected chi connectivity index (χ3v) is 15.9. The number of pyridine rings is 4. The van der Waals surface area contributed by atoms with Gasteiger partial charge in [-0.2, -0.15) is 52.7 Å². The lowest BCUT2D eigenvalue weighted by Gasteiger charge is -2.33. The SMILES string of the molecule is CCCc1cc(C(O)(C(F)(F)F)C(F)(F)F)ccc1Oc1ccnc(CN2C(=O)NC(C)(c3ccc(OCc4ccccc4)nc3)C2=O)c1.CCCc1cc(C(O)(C(F)(F)F)C(F)(F)F)ccc1Oc1ccnc(CN2C(=O)NC(C)(c3ccc(OCc4ccccc4)nc3)C2=O)c1. The van der Waals surface area contributed by atoms with Crippen LogP contribution in [0, 0.1) is 0 Å². The van der Waals surface area contributed by atoms with Crippen molar-refractivity contribution >= 4 is 23.9 Å². The number of imide groups is 2. The smallest absolute Gasteiger partial charge is 0.430 e. The Balaban J connectivity index is 0.000000229. The molecule has 4 N–H and O–H groups in total. The molecule has 6 heterocycles. The number of nitrogens with one attached hydrogen (secondary N) is 2. The Hall–Kier alpha value is -10.4. The van der Waals surface area contributed by atoms with Crippen molar-refractivity contribution in [2.24, 2.45) is 0 Å². The molecular weight excluding hydrogens is 1320 g/mol. The van der Waals surface area contributed by atoms with E-state index < -0.39 is 82.0 Å². The minimum atomic E-state index is -6.04. The minimum absolute atomic E-state index is 0.0137. The number of aliphatic hydroxyl groups is 2. The summed E-state index contributed by atoms with van der Waals surface area (Å²) in [5.41, 5.74) is -12.8. The van der Waals surface area contributed by atoms with Gasteiger partial charge in [-0.1, -0.05) is 99.5 Å². The van der Waals surface area contributed by atoms with E-state index in [-0.39, 0.29) is 84.7 Å². The van der Waals surface area contributed by atoms with Gasteiger partial charge in [0.05, 0.1) is 24.5 Å². The van der Waals surface area contributed by atoms with E-state index in [0.29, 0.717) is 60.0 Å². The minimum Gasteiger partial charge on any atom is -0.473 e. The van der Waals surface area contributed by atoms with Gasteiger partial charge in [0.25, 0.3) is 23.0 Å². The molecule has 10 rings (SSSR count). The number of aromatic nitrogens is 4. The number of alkyl halides is 12. The number of carbonyl (C=O) groups is 4. The van der Waals surface area contributed by atoms with Crippen LogP contribution in [0.15, 0.2) is 170 Å². The Bertz CT molecular complexity index is 3880. The molecule has 2 unspecified atom stereocenters. The van der Waals surface area contributed by atoms with Crippen LogP contribution in [-0.2, 0) is 71.0 Å². The molecular formula is C68H60F12N8O10. The highest BCUT2D eigenvalue weighted by molar-refractivity contribution is 6.08. The Morgan fingerprint density at radius 1 is 0.459 bits per heavy atom. The van der Waals surface area contributed by atoms with Gasteiger partial charge in [0, 0.05) is 71.3 Å². The summed E-state index contributed by atoms with van der Waals surface area (Å²) in [6.07, 6.45) is -18.0. The maximum atomic E-state index is 13.5. The van der Waals surface area contributed by atoms with Crippen molar-refractivity contribution in [3.05, 3.63) is 226 Å². The van der Waals surface area contributed by atoms with Crippen molar-refractivity contribution in [2.45, 2.75) is 127 Å². The van der Waals surface area contributed by atoms with E-state index in [4.69, 9.17) is 18.9 Å². The molecule has 2 aliphatic rings. The zero-order valence-corrected chi connectivity index (χ0v) is 52.2. The topological polar surface area (TPSA) is 228 Å². The number of urea groups is 2. The van der Waals surface area contributed by atoms with Crippen LogP contribution in [0.3, 0.4) is 0 Å². The first kappa shape index (κ1) is 71.9. The summed E-state index contributed by atoms with van der Waals surface area (Å²) in [6, 6.07) is 33.5. The largest absolute Gasteiger partial charge is 0.473 e. The lowest BCUT2D eigenvalue weighted by Crippen LogP contribution is -2.53. The molecule has 30 heteroatoms. The van der Waals surface area contributed by atoms with Crippen molar-refractivity contribution in [2.75, 3.05) is 0 Å². The van der Waals surface area contributed by atoms with E-state index in [1.54, 1.807) is 38.1 Å². The normalized spacial score (nSPS) is 16.9. The van der Waals surface area contributed by atoms with Gasteiger partial charge in [-0.25, -0.2) is 19.6 Å². The number of halogens is 12. The molecule has 4 aromatic heterocycles. The highest BCUT2D eigenvalue weighted by Crippen LogP contribution is 2.52. The summed E-state index contributed by atoms with van der Waals surface area (Å²) in [5.74, 6) is -0.482. The maximum Gasteiger partial charge on any atom is 0.430 e. The molecule has 4 aromatic carbocycles. The molecule has 0 saturated carbocycles. The molecule has 8 aromatic rings. The number of nitrogens with zero attached hydrogens (tertiary/aromatic N) is 6. The molecule has 98 heavy (non-hydrogen) atoms. The standard InChI is InChI=1S/2C34H30F6N4O5/c2*1-3-7-22-16-23(32(47,33(35,36)37)34(38,39)40)10-12-27(22)49-26-14-15-41-25(17-26)19-44-29(45)31(2,43-30(44)46)24-11-13-28(42-18-24)48-20-21-8-5-4-6-9-21/h2*4-6,8-18,47H,3,7,19-20H2,1-2H3,(H,43,46). The summed E-state index contributed by atoms with van der Waals surface area (Å²) in [4.78, 5) is 71.8. The van der Waals surface area contributed by atoms with Gasteiger partial charge in [0.1, 0.15) is 47.3 Å². The zero-order valence-electron chi connectivity index (χ0n) is 52.2. The number of hydrogen-bond donors (Lipinski definition) is 4. The monoisotopic (exact) mass is 1380 g/mol. The average Bonchev–Trinajstić information content (AvgIpc) is 1.53. The second kappa shape index (κ2) is 28.4. The highest BCUT2D eigenvalue weighted by atomic mass is 19.4. The van der Waals surface area contributed by atoms with Gasteiger partial charge in [0.2, 0.25) is 11.8 Å². The van der Waals surface area contributed by atoms with Crippen molar-refractivity contribution in [3.63, 3.8) is 0 Å². The van der Waals surface area contributed by atoms with Crippen molar-refractivity contribution in [1.29, 1.82) is 0 Å². The highest BCUT2D eigenvalue weighted by Gasteiger charge is 2.72. The van der Waals surface area contributed by atoms with Crippen LogP contribution in [0.2, 0.25) is 0 Å². The number of carbonyl (C=O) groups excluding carboxylic acids is 4. The molecule has 0 bridgehead atoms. The second-order valence-corrected chi connectivity index (χ2v) is 22.9. The van der Waals surface area contributed by atoms with E-state index in [1.807, 2.05) is 60.7 Å². The van der Waals surface area contributed by atoms with Gasteiger partial charge >= 0.3 is 36.8 Å². The lowest BCUT2D eigenvalue weighted by molar-refractivity contribution is -0.376. The second-order valence-electron chi connectivity index (χ2n) is 22.9. The third kappa shape index (κ3) is 15.1. The molecule has 2 atom stereocenters. The van der Waals surface area contributed by atoms with Crippen LogP contribution in [0.4, 0.5) is 62.3 Å². The number of hydrogen-bond acceptors (Lipinski definition) is 14. The molecule has 0 spiro atoms. The number of aryl methyl sites for hydroxylation is 2. The first-order chi connectivity index (χ1) is 46.1. The summed E-state index contributed by atoms with van der Waals surface area (Å²) < 4.78 is 185. The maximum absolute atomic E-state index is 13.5. The Morgan fingerprint density at radius 2 is 0.816 bits per heavy atom. The number of ether oxygens (including phenoxy) is 4. The van der Waals surface area contributed by atoms with E-state index in [9.17, 15) is 82.1 Å². The van der Waals surface area contributed by atoms with E-state index in [1.165, 1.54) is 62.9 Å². The summed E-state index contributed by atoms with van der Waals surface area (Å²) in [5, 5.41) is 25.1. The predicted molar refractivity (Wildman–Crippen MR) is 324 cm³/mol. The molecule has 18 nitrogen and oxygen atoms in total. The van der Waals surface area contributed by atoms with Gasteiger partial charge in [-0.05, 0) is 97.5 Å². The molecule has 2 aliphatic heterocycles. The molecule has 2 fully saturated rings. The fourth-order valence-corrected chi connectivity index (χ4v) is 10.6. The van der Waals surface area contributed by atoms with Crippen LogP contribution in [0.1, 0.15) is 96.4 Å². The van der Waals surface area contributed by atoms with Crippen LogP contribution in [0.25, 0.3) is 0 Å². The summed E-state index contributed by atoms with van der Waals surface area (Å²) in [6.45, 7) is 6.39. The first-order valence-electron chi connectivity index (χ1n) is 29.9. The van der Waals surface area contributed by atoms with Gasteiger partial charge in [-0.15, -0.1) is 0 Å².